The summed E-state index contributed by atoms with van der Waals surface area (Å²) in [6.45, 7) is 0. The van der Waals surface area contributed by atoms with E-state index in [9.17, 15) is 0 Å². The van der Waals surface area contributed by atoms with Crippen LogP contribution in [0.5, 0.6) is 5.75 Å². The molecule has 0 aliphatic heterocycles. The summed E-state index contributed by atoms with van der Waals surface area (Å²) in [6.07, 6.45) is 4.68. The second-order valence-electron chi connectivity index (χ2n) is 4.45. The summed E-state index contributed by atoms with van der Waals surface area (Å²) in [5, 5.41) is 0.610. The van der Waals surface area contributed by atoms with Crippen molar-refractivity contribution in [1.82, 2.24) is 0 Å². The van der Waals surface area contributed by atoms with Gasteiger partial charge in [0.25, 0.3) is 0 Å². The summed E-state index contributed by atoms with van der Waals surface area (Å²) in [6, 6.07) is 5.32. The topological polar surface area (TPSA) is 44.5 Å². The van der Waals surface area contributed by atoms with Crippen molar-refractivity contribution < 1.29 is 9.47 Å². The Kier molecular flexibility index (Phi) is 4.13. The zero-order valence-electron chi connectivity index (χ0n) is 9.99. The SMILES string of the molecule is COC1CCCC(Oc2cc(N)ccc2Cl)C1. The Morgan fingerprint density at radius 2 is 2.06 bits per heavy atom. The molecule has 17 heavy (non-hydrogen) atoms. The Hall–Kier alpha value is -0.930. The molecule has 0 aromatic heterocycles. The van der Waals surface area contributed by atoms with Crippen molar-refractivity contribution in [3.05, 3.63) is 23.2 Å². The molecule has 1 aromatic rings. The second kappa shape index (κ2) is 5.61. The number of benzene rings is 1. The lowest BCUT2D eigenvalue weighted by molar-refractivity contribution is 0.0210. The highest BCUT2D eigenvalue weighted by Crippen LogP contribution is 2.31. The molecule has 2 unspecified atom stereocenters. The lowest BCUT2D eigenvalue weighted by atomic mass is 9.95. The van der Waals surface area contributed by atoms with Crippen molar-refractivity contribution >= 4 is 17.3 Å². The maximum atomic E-state index is 6.07. The van der Waals surface area contributed by atoms with Crippen LogP contribution in [0.25, 0.3) is 0 Å². The number of halogens is 1. The largest absolute Gasteiger partial charge is 0.489 e. The Morgan fingerprint density at radius 1 is 1.29 bits per heavy atom. The summed E-state index contributed by atoms with van der Waals surface area (Å²) < 4.78 is 11.3. The molecule has 0 bridgehead atoms. The average Bonchev–Trinajstić information content (AvgIpc) is 2.34. The Bertz CT molecular complexity index is 384. The number of methoxy groups -OCH3 is 1. The summed E-state index contributed by atoms with van der Waals surface area (Å²) in [5.74, 6) is 0.674. The Balaban J connectivity index is 2.02. The highest BCUT2D eigenvalue weighted by atomic mass is 35.5. The first kappa shape index (κ1) is 12.5. The highest BCUT2D eigenvalue weighted by molar-refractivity contribution is 6.32. The fourth-order valence-corrected chi connectivity index (χ4v) is 2.38. The van der Waals surface area contributed by atoms with Gasteiger partial charge in [0.15, 0.2) is 0 Å². The second-order valence-corrected chi connectivity index (χ2v) is 4.86. The van der Waals surface area contributed by atoms with Gasteiger partial charge in [0.2, 0.25) is 0 Å². The van der Waals surface area contributed by atoms with E-state index in [-0.39, 0.29) is 6.10 Å². The van der Waals surface area contributed by atoms with Gasteiger partial charge in [-0.3, -0.25) is 0 Å². The molecule has 3 nitrogen and oxygen atoms in total. The van der Waals surface area contributed by atoms with E-state index in [2.05, 4.69) is 0 Å². The van der Waals surface area contributed by atoms with Crippen LogP contribution >= 0.6 is 11.6 Å². The molecule has 0 saturated heterocycles. The van der Waals surface area contributed by atoms with Gasteiger partial charge in [0.05, 0.1) is 11.1 Å². The lowest BCUT2D eigenvalue weighted by Gasteiger charge is -2.29. The van der Waals surface area contributed by atoms with Gasteiger partial charge in [-0.1, -0.05) is 11.6 Å². The van der Waals surface area contributed by atoms with Gasteiger partial charge in [-0.05, 0) is 31.4 Å². The number of nitrogen functional groups attached to an aromatic ring is 1. The molecule has 1 aliphatic rings. The summed E-state index contributed by atoms with van der Waals surface area (Å²) in [5.41, 5.74) is 6.39. The summed E-state index contributed by atoms with van der Waals surface area (Å²) in [4.78, 5) is 0. The molecule has 0 radical (unpaired) electrons. The van der Waals surface area contributed by atoms with Gasteiger partial charge in [0, 0.05) is 25.3 Å². The first-order chi connectivity index (χ1) is 8.19. The van der Waals surface area contributed by atoms with E-state index >= 15 is 0 Å². The number of nitrogens with two attached hydrogens (primary N) is 1. The molecule has 1 aliphatic carbocycles. The monoisotopic (exact) mass is 255 g/mol. The zero-order chi connectivity index (χ0) is 12.3. The Labute approximate surface area is 107 Å². The number of rotatable bonds is 3. The van der Waals surface area contributed by atoms with Crippen molar-refractivity contribution in [2.75, 3.05) is 12.8 Å². The molecular formula is C13H18ClNO2. The van der Waals surface area contributed by atoms with E-state index in [1.807, 2.05) is 0 Å². The van der Waals surface area contributed by atoms with Crippen LogP contribution in [0.2, 0.25) is 5.02 Å². The van der Waals surface area contributed by atoms with Crippen molar-refractivity contribution in [3.8, 4) is 5.75 Å². The summed E-state index contributed by atoms with van der Waals surface area (Å²) >= 11 is 6.07. The van der Waals surface area contributed by atoms with Crippen LogP contribution < -0.4 is 10.5 Å². The van der Waals surface area contributed by atoms with Gasteiger partial charge in [-0.25, -0.2) is 0 Å². The molecule has 1 aromatic carbocycles. The van der Waals surface area contributed by atoms with Gasteiger partial charge >= 0.3 is 0 Å². The van der Waals surface area contributed by atoms with Gasteiger partial charge in [-0.15, -0.1) is 0 Å². The predicted molar refractivity (Wildman–Crippen MR) is 69.5 cm³/mol. The molecule has 2 N–H and O–H groups in total. The molecule has 0 spiro atoms. The quantitative estimate of drug-likeness (QED) is 0.844. The van der Waals surface area contributed by atoms with Crippen LogP contribution in [0, 0.1) is 0 Å². The fraction of sp³-hybridized carbons (Fsp3) is 0.538. The van der Waals surface area contributed by atoms with Crippen molar-refractivity contribution in [3.63, 3.8) is 0 Å². The number of ether oxygens (including phenoxy) is 2. The normalized spacial score (nSPS) is 24.6. The minimum absolute atomic E-state index is 0.174. The third kappa shape index (κ3) is 3.27. The fourth-order valence-electron chi connectivity index (χ4n) is 2.21. The van der Waals surface area contributed by atoms with Crippen LogP contribution in [-0.2, 0) is 4.74 Å². The van der Waals surface area contributed by atoms with Crippen molar-refractivity contribution in [1.29, 1.82) is 0 Å². The van der Waals surface area contributed by atoms with Crippen LogP contribution in [0.15, 0.2) is 18.2 Å². The van der Waals surface area contributed by atoms with Crippen molar-refractivity contribution in [2.45, 2.75) is 37.9 Å². The first-order valence-electron chi connectivity index (χ1n) is 5.93. The van der Waals surface area contributed by atoms with E-state index in [4.69, 9.17) is 26.8 Å². The number of anilines is 1. The van der Waals surface area contributed by atoms with E-state index < -0.39 is 0 Å². The van der Waals surface area contributed by atoms with E-state index in [1.54, 1.807) is 25.3 Å². The molecule has 1 saturated carbocycles. The number of hydrogen-bond donors (Lipinski definition) is 1. The van der Waals surface area contributed by atoms with Gasteiger partial charge < -0.3 is 15.2 Å². The predicted octanol–water partition coefficient (Wildman–Crippen LogP) is 3.26. The van der Waals surface area contributed by atoms with Crippen LogP contribution in [0.1, 0.15) is 25.7 Å². The molecule has 0 heterocycles. The molecular weight excluding hydrogens is 238 g/mol. The lowest BCUT2D eigenvalue weighted by Crippen LogP contribution is -2.29. The maximum absolute atomic E-state index is 6.07. The molecule has 1 fully saturated rings. The van der Waals surface area contributed by atoms with E-state index in [0.29, 0.717) is 22.6 Å². The summed E-state index contributed by atoms with van der Waals surface area (Å²) in [7, 11) is 1.75. The Morgan fingerprint density at radius 3 is 2.82 bits per heavy atom. The van der Waals surface area contributed by atoms with Crippen LogP contribution in [0.4, 0.5) is 5.69 Å². The maximum Gasteiger partial charge on any atom is 0.140 e. The van der Waals surface area contributed by atoms with Gasteiger partial charge in [-0.2, -0.15) is 0 Å². The third-order valence-corrected chi connectivity index (χ3v) is 3.47. The van der Waals surface area contributed by atoms with Crippen molar-refractivity contribution in [2.24, 2.45) is 0 Å². The van der Waals surface area contributed by atoms with Crippen LogP contribution in [0.3, 0.4) is 0 Å². The van der Waals surface area contributed by atoms with E-state index in [0.717, 1.165) is 25.7 Å². The minimum Gasteiger partial charge on any atom is -0.489 e. The molecule has 2 atom stereocenters. The molecule has 94 valence electrons. The minimum atomic E-state index is 0.174. The average molecular weight is 256 g/mol. The molecule has 2 rings (SSSR count). The standard InChI is InChI=1S/C13H18ClNO2/c1-16-10-3-2-4-11(8-10)17-13-7-9(15)5-6-12(13)14/h5-7,10-11H,2-4,8,15H2,1H3. The number of hydrogen-bond acceptors (Lipinski definition) is 3. The molecule has 4 heteroatoms. The van der Waals surface area contributed by atoms with Gasteiger partial charge in [0.1, 0.15) is 11.9 Å². The third-order valence-electron chi connectivity index (χ3n) is 3.16. The van der Waals surface area contributed by atoms with Crippen LogP contribution in [-0.4, -0.2) is 19.3 Å². The molecule has 0 amide bonds. The first-order valence-corrected chi connectivity index (χ1v) is 6.31. The highest BCUT2D eigenvalue weighted by Gasteiger charge is 2.23. The zero-order valence-corrected chi connectivity index (χ0v) is 10.7. The van der Waals surface area contributed by atoms with E-state index in [1.165, 1.54) is 0 Å². The smallest absolute Gasteiger partial charge is 0.140 e.